The first-order valence-corrected chi connectivity index (χ1v) is 10.7. The third-order valence-corrected chi connectivity index (χ3v) is 4.79. The summed E-state index contributed by atoms with van der Waals surface area (Å²) in [4.78, 5) is 23.1. The summed E-state index contributed by atoms with van der Waals surface area (Å²) in [5, 5.41) is 18.7. The third kappa shape index (κ3) is 7.95. The summed E-state index contributed by atoms with van der Waals surface area (Å²) in [6.45, 7) is 4.04. The van der Waals surface area contributed by atoms with Crippen LogP contribution < -0.4 is 9.47 Å². The number of aliphatic hydroxyl groups excluding tert-OH is 2. The van der Waals surface area contributed by atoms with Crippen LogP contribution in [0, 0.1) is 0 Å². The van der Waals surface area contributed by atoms with Crippen molar-refractivity contribution in [2.24, 2.45) is 0 Å². The first-order chi connectivity index (χ1) is 15.4. The summed E-state index contributed by atoms with van der Waals surface area (Å²) in [6.07, 6.45) is 4.34. The number of allylic oxidation sites excluding steroid dienone is 4. The van der Waals surface area contributed by atoms with Crippen molar-refractivity contribution in [2.45, 2.75) is 39.5 Å². The molecule has 0 amide bonds. The van der Waals surface area contributed by atoms with Gasteiger partial charge in [0, 0.05) is 12.8 Å². The van der Waals surface area contributed by atoms with Crippen LogP contribution in [0.5, 0.6) is 11.5 Å². The van der Waals surface area contributed by atoms with Crippen LogP contribution >= 0.6 is 0 Å². The maximum absolute atomic E-state index is 11.5. The molecule has 6 nitrogen and oxygen atoms in total. The molecule has 0 saturated heterocycles. The van der Waals surface area contributed by atoms with E-state index in [0.29, 0.717) is 26.1 Å². The molecule has 0 saturated carbocycles. The molecule has 0 aliphatic heterocycles. The molecule has 0 atom stereocenters. The van der Waals surface area contributed by atoms with Gasteiger partial charge in [0.25, 0.3) is 0 Å². The lowest BCUT2D eigenvalue weighted by molar-refractivity contribution is -0.118. The number of rotatable bonds is 13. The Bertz CT molecular complexity index is 860. The normalized spacial score (nSPS) is 11.8. The molecule has 0 aliphatic carbocycles. The van der Waals surface area contributed by atoms with E-state index < -0.39 is 0 Å². The largest absolute Gasteiger partial charge is 0.505 e. The van der Waals surface area contributed by atoms with Crippen molar-refractivity contribution in [3.05, 3.63) is 72.2 Å². The van der Waals surface area contributed by atoms with Gasteiger partial charge in [-0.25, -0.2) is 0 Å². The number of benzene rings is 2. The summed E-state index contributed by atoms with van der Waals surface area (Å²) in [5.74, 6) is 0.474. The number of carbonyl (C=O) groups is 2. The van der Waals surface area contributed by atoms with Crippen molar-refractivity contribution in [3.63, 3.8) is 0 Å². The second kappa shape index (κ2) is 13.0. The van der Waals surface area contributed by atoms with Crippen molar-refractivity contribution in [1.29, 1.82) is 0 Å². The number of carbonyl (C=O) groups excluding carboxylic acids is 2. The van der Waals surface area contributed by atoms with E-state index in [1.807, 2.05) is 48.5 Å². The number of aliphatic hydroxyl groups is 2. The van der Waals surface area contributed by atoms with Gasteiger partial charge in [-0.15, -0.1) is 0 Å². The van der Waals surface area contributed by atoms with Gasteiger partial charge < -0.3 is 19.7 Å². The van der Waals surface area contributed by atoms with Gasteiger partial charge in [0.05, 0.1) is 13.2 Å². The average Bonchev–Trinajstić information content (AvgIpc) is 2.83. The molecule has 2 N–H and O–H groups in total. The second-order valence-electron chi connectivity index (χ2n) is 7.15. The number of ether oxygens (including phenoxy) is 2. The van der Waals surface area contributed by atoms with Gasteiger partial charge in [-0.1, -0.05) is 24.3 Å². The van der Waals surface area contributed by atoms with Crippen molar-refractivity contribution in [1.82, 2.24) is 0 Å². The fourth-order valence-electron chi connectivity index (χ4n) is 2.91. The van der Waals surface area contributed by atoms with Crippen LogP contribution in [0.15, 0.2) is 72.2 Å². The Morgan fingerprint density at radius 1 is 0.688 bits per heavy atom. The van der Waals surface area contributed by atoms with E-state index in [0.717, 1.165) is 22.6 Å². The van der Waals surface area contributed by atoms with Crippen molar-refractivity contribution < 1.29 is 29.3 Å². The lowest BCUT2D eigenvalue weighted by Crippen LogP contribution is -2.05. The second-order valence-corrected chi connectivity index (χ2v) is 7.15. The summed E-state index contributed by atoms with van der Waals surface area (Å²) in [7, 11) is 0. The average molecular weight is 439 g/mol. The minimum Gasteiger partial charge on any atom is -0.505 e. The molecular formula is C26H30O6. The summed E-state index contributed by atoms with van der Waals surface area (Å²) < 4.78 is 11.3. The van der Waals surface area contributed by atoms with Gasteiger partial charge >= 0.3 is 0 Å². The zero-order valence-electron chi connectivity index (χ0n) is 18.5. The molecule has 0 spiro atoms. The van der Waals surface area contributed by atoms with Gasteiger partial charge in [-0.2, -0.15) is 0 Å². The highest BCUT2D eigenvalue weighted by molar-refractivity contribution is 5.93. The number of hydrogen-bond acceptors (Lipinski definition) is 6. The van der Waals surface area contributed by atoms with Crippen LogP contribution in [-0.4, -0.2) is 35.0 Å². The SMILES string of the molecule is CC=C(O)C(=O)CCCOc1ccc(-c2ccc(OCCCC(=O)C(O)=CC)cc2)cc1. The molecule has 32 heavy (non-hydrogen) atoms. The van der Waals surface area contributed by atoms with Crippen LogP contribution in [0.3, 0.4) is 0 Å². The molecule has 0 unspecified atom stereocenters. The maximum Gasteiger partial charge on any atom is 0.196 e. The zero-order valence-corrected chi connectivity index (χ0v) is 18.5. The van der Waals surface area contributed by atoms with Crippen molar-refractivity contribution in [3.8, 4) is 22.6 Å². The van der Waals surface area contributed by atoms with Crippen LogP contribution in [0.4, 0.5) is 0 Å². The lowest BCUT2D eigenvalue weighted by atomic mass is 10.1. The minimum absolute atomic E-state index is 0.203. The van der Waals surface area contributed by atoms with Crippen LogP contribution in [0.25, 0.3) is 11.1 Å². The molecule has 0 aliphatic rings. The Kier molecular flexibility index (Phi) is 10.0. The molecule has 6 heteroatoms. The fraction of sp³-hybridized carbons (Fsp3) is 0.308. The van der Waals surface area contributed by atoms with E-state index in [2.05, 4.69) is 0 Å². The Balaban J connectivity index is 1.77. The number of Topliss-reactive ketones (excluding diaryl/α,β-unsaturated/α-hetero) is 2. The van der Waals surface area contributed by atoms with Gasteiger partial charge in [0.15, 0.2) is 23.1 Å². The van der Waals surface area contributed by atoms with Crippen molar-refractivity contribution >= 4 is 11.6 Å². The highest BCUT2D eigenvalue weighted by Crippen LogP contribution is 2.25. The standard InChI is InChI=1S/C26H30O6/c1-3-23(27)25(29)7-5-17-31-21-13-9-19(10-14-21)20-11-15-22(16-12-20)32-18-6-8-26(30)24(28)4-2/h3-4,9-16,27-28H,5-8,17-18H2,1-2H3. The summed E-state index contributed by atoms with van der Waals surface area (Å²) >= 11 is 0. The summed E-state index contributed by atoms with van der Waals surface area (Å²) in [6, 6.07) is 15.3. The number of ketones is 2. The smallest absolute Gasteiger partial charge is 0.196 e. The Hall–Kier alpha value is -3.54. The first kappa shape index (κ1) is 24.7. The molecule has 0 heterocycles. The highest BCUT2D eigenvalue weighted by atomic mass is 16.5. The van der Waals surface area contributed by atoms with Gasteiger partial charge in [-0.05, 0) is 74.2 Å². The van der Waals surface area contributed by atoms with Crippen LogP contribution in [0.1, 0.15) is 39.5 Å². The Morgan fingerprint density at radius 2 is 1.03 bits per heavy atom. The van der Waals surface area contributed by atoms with E-state index in [-0.39, 0.29) is 35.9 Å². The fourth-order valence-corrected chi connectivity index (χ4v) is 2.91. The molecule has 0 fully saturated rings. The minimum atomic E-state index is -0.277. The molecule has 170 valence electrons. The molecule has 2 rings (SSSR count). The highest BCUT2D eigenvalue weighted by Gasteiger charge is 2.07. The molecule has 0 bridgehead atoms. The van der Waals surface area contributed by atoms with Crippen LogP contribution in [0.2, 0.25) is 0 Å². The molecule has 0 radical (unpaired) electrons. The summed E-state index contributed by atoms with van der Waals surface area (Å²) in [5.41, 5.74) is 2.06. The van der Waals surface area contributed by atoms with Gasteiger partial charge in [0.1, 0.15) is 11.5 Å². The number of hydrogen-bond donors (Lipinski definition) is 2. The van der Waals surface area contributed by atoms with Crippen molar-refractivity contribution in [2.75, 3.05) is 13.2 Å². The predicted molar refractivity (Wildman–Crippen MR) is 124 cm³/mol. The third-order valence-electron chi connectivity index (χ3n) is 4.79. The van der Waals surface area contributed by atoms with E-state index in [1.165, 1.54) is 12.2 Å². The lowest BCUT2D eigenvalue weighted by Gasteiger charge is -2.09. The van der Waals surface area contributed by atoms with E-state index in [4.69, 9.17) is 9.47 Å². The monoisotopic (exact) mass is 438 g/mol. The predicted octanol–water partition coefficient (Wildman–Crippen LogP) is 5.73. The Morgan fingerprint density at radius 3 is 1.34 bits per heavy atom. The van der Waals surface area contributed by atoms with Gasteiger partial charge in [-0.3, -0.25) is 9.59 Å². The van der Waals surface area contributed by atoms with Crippen LogP contribution in [-0.2, 0) is 9.59 Å². The molecule has 0 aromatic heterocycles. The first-order valence-electron chi connectivity index (χ1n) is 10.7. The van der Waals surface area contributed by atoms with E-state index in [9.17, 15) is 19.8 Å². The molecule has 2 aromatic rings. The Labute approximate surface area is 188 Å². The molecular weight excluding hydrogens is 408 g/mol. The maximum atomic E-state index is 11.5. The topological polar surface area (TPSA) is 93.1 Å². The van der Waals surface area contributed by atoms with Gasteiger partial charge in [0.2, 0.25) is 0 Å². The molecule has 2 aromatic carbocycles. The van der Waals surface area contributed by atoms with E-state index in [1.54, 1.807) is 13.8 Å². The zero-order chi connectivity index (χ0) is 23.3. The quantitative estimate of drug-likeness (QED) is 0.236. The van der Waals surface area contributed by atoms with E-state index >= 15 is 0 Å².